The lowest BCUT2D eigenvalue weighted by Gasteiger charge is -2.15. The van der Waals surface area contributed by atoms with Crippen LogP contribution in [0.15, 0.2) is 48.5 Å². The number of anilines is 1. The first kappa shape index (κ1) is 21.4. The highest BCUT2D eigenvalue weighted by Gasteiger charge is 2.16. The summed E-state index contributed by atoms with van der Waals surface area (Å²) in [6.07, 6.45) is 0.714. The molecule has 2 amide bonds. The normalized spacial score (nSPS) is 12.7. The van der Waals surface area contributed by atoms with E-state index in [9.17, 15) is 9.59 Å². The molecular formula is C22H29N3O3. The number of carbonyl (C=O) groups excluding carboxylic acids is 2. The molecule has 0 saturated carbocycles. The molecule has 0 radical (unpaired) electrons. The predicted octanol–water partition coefficient (Wildman–Crippen LogP) is 2.65. The average molecular weight is 383 g/mol. The van der Waals surface area contributed by atoms with Crippen molar-refractivity contribution in [2.45, 2.75) is 33.2 Å². The summed E-state index contributed by atoms with van der Waals surface area (Å²) in [6.45, 7) is 6.11. The Labute approximate surface area is 166 Å². The van der Waals surface area contributed by atoms with E-state index in [1.54, 1.807) is 0 Å². The Kier molecular flexibility index (Phi) is 8.02. The SMILES string of the molecule is Cc1cccc(NC(=O)COc2ccc(CCNC(=O)C(C)C(C)N)cc2)c1. The quantitative estimate of drug-likeness (QED) is 0.621. The summed E-state index contributed by atoms with van der Waals surface area (Å²) in [5, 5.41) is 5.70. The van der Waals surface area contributed by atoms with Crippen molar-refractivity contribution in [3.63, 3.8) is 0 Å². The van der Waals surface area contributed by atoms with Gasteiger partial charge in [0.05, 0.1) is 0 Å². The van der Waals surface area contributed by atoms with Crippen molar-refractivity contribution in [1.29, 1.82) is 0 Å². The van der Waals surface area contributed by atoms with Gasteiger partial charge in [-0.25, -0.2) is 0 Å². The molecule has 28 heavy (non-hydrogen) atoms. The number of nitrogens with one attached hydrogen (secondary N) is 2. The minimum Gasteiger partial charge on any atom is -0.484 e. The van der Waals surface area contributed by atoms with Gasteiger partial charge in [-0.1, -0.05) is 31.2 Å². The van der Waals surface area contributed by atoms with Crippen LogP contribution in [0.4, 0.5) is 5.69 Å². The molecule has 6 nitrogen and oxygen atoms in total. The van der Waals surface area contributed by atoms with Gasteiger partial charge in [0.15, 0.2) is 6.61 Å². The molecule has 0 aliphatic rings. The zero-order chi connectivity index (χ0) is 20.5. The zero-order valence-corrected chi connectivity index (χ0v) is 16.7. The number of benzene rings is 2. The van der Waals surface area contributed by atoms with Gasteiger partial charge in [0.2, 0.25) is 5.91 Å². The highest BCUT2D eigenvalue weighted by Crippen LogP contribution is 2.13. The molecule has 0 aliphatic carbocycles. The average Bonchev–Trinajstić information content (AvgIpc) is 2.66. The molecule has 6 heteroatoms. The minimum atomic E-state index is -0.208. The first-order chi connectivity index (χ1) is 13.3. The second-order valence-corrected chi connectivity index (χ2v) is 7.04. The largest absolute Gasteiger partial charge is 0.484 e. The fraction of sp³-hybridized carbons (Fsp3) is 0.364. The molecule has 150 valence electrons. The lowest BCUT2D eigenvalue weighted by molar-refractivity contribution is -0.124. The summed E-state index contributed by atoms with van der Waals surface area (Å²) in [6, 6.07) is 14.9. The lowest BCUT2D eigenvalue weighted by Crippen LogP contribution is -2.39. The van der Waals surface area contributed by atoms with E-state index in [0.29, 0.717) is 18.7 Å². The molecule has 0 heterocycles. The van der Waals surface area contributed by atoms with E-state index in [2.05, 4.69) is 10.6 Å². The molecule has 4 N–H and O–H groups in total. The van der Waals surface area contributed by atoms with Crippen LogP contribution in [0, 0.1) is 12.8 Å². The Morgan fingerprint density at radius 1 is 1.11 bits per heavy atom. The van der Waals surface area contributed by atoms with Gasteiger partial charge in [-0.3, -0.25) is 9.59 Å². The Morgan fingerprint density at radius 2 is 1.82 bits per heavy atom. The zero-order valence-electron chi connectivity index (χ0n) is 16.7. The standard InChI is InChI=1S/C22H29N3O3/c1-15-5-4-6-19(13-15)25-21(26)14-28-20-9-7-18(8-10-20)11-12-24-22(27)16(2)17(3)23/h4-10,13,16-17H,11-12,14,23H2,1-3H3,(H,24,27)(H,25,26). The first-order valence-corrected chi connectivity index (χ1v) is 9.46. The maximum Gasteiger partial charge on any atom is 0.262 e. The summed E-state index contributed by atoms with van der Waals surface area (Å²) in [4.78, 5) is 23.9. The summed E-state index contributed by atoms with van der Waals surface area (Å²) < 4.78 is 5.53. The van der Waals surface area contributed by atoms with Crippen LogP contribution in [0.25, 0.3) is 0 Å². The smallest absolute Gasteiger partial charge is 0.262 e. The molecule has 0 bridgehead atoms. The van der Waals surface area contributed by atoms with Gasteiger partial charge in [0, 0.05) is 24.2 Å². The van der Waals surface area contributed by atoms with E-state index < -0.39 is 0 Å². The summed E-state index contributed by atoms with van der Waals surface area (Å²) in [5.41, 5.74) is 8.64. The van der Waals surface area contributed by atoms with Crippen LogP contribution in [0.1, 0.15) is 25.0 Å². The van der Waals surface area contributed by atoms with Gasteiger partial charge in [0.1, 0.15) is 5.75 Å². The molecule has 0 aliphatic heterocycles. The topological polar surface area (TPSA) is 93.5 Å². The Balaban J connectivity index is 1.73. The van der Waals surface area contributed by atoms with Crippen LogP contribution in [-0.2, 0) is 16.0 Å². The number of nitrogens with two attached hydrogens (primary N) is 1. The fourth-order valence-corrected chi connectivity index (χ4v) is 2.55. The number of amides is 2. The highest BCUT2D eigenvalue weighted by molar-refractivity contribution is 5.91. The minimum absolute atomic E-state index is 0.0328. The fourth-order valence-electron chi connectivity index (χ4n) is 2.55. The van der Waals surface area contributed by atoms with Gasteiger partial charge < -0.3 is 21.1 Å². The number of carbonyl (C=O) groups is 2. The summed E-state index contributed by atoms with van der Waals surface area (Å²) in [7, 11) is 0. The number of hydrogen-bond donors (Lipinski definition) is 3. The Hall–Kier alpha value is -2.86. The predicted molar refractivity (Wildman–Crippen MR) is 111 cm³/mol. The third-order valence-corrected chi connectivity index (χ3v) is 4.51. The van der Waals surface area contributed by atoms with Crippen LogP contribution >= 0.6 is 0 Å². The maximum absolute atomic E-state index is 12.0. The van der Waals surface area contributed by atoms with Gasteiger partial charge in [0.25, 0.3) is 5.91 Å². The van der Waals surface area contributed by atoms with Crippen LogP contribution < -0.4 is 21.1 Å². The molecule has 2 aromatic rings. The van der Waals surface area contributed by atoms with Crippen molar-refractivity contribution in [3.05, 3.63) is 59.7 Å². The third-order valence-electron chi connectivity index (χ3n) is 4.51. The van der Waals surface area contributed by atoms with Crippen molar-refractivity contribution in [2.75, 3.05) is 18.5 Å². The van der Waals surface area contributed by atoms with Crippen LogP contribution in [0.3, 0.4) is 0 Å². The Morgan fingerprint density at radius 3 is 2.46 bits per heavy atom. The van der Waals surface area contributed by atoms with Crippen LogP contribution in [0.5, 0.6) is 5.75 Å². The lowest BCUT2D eigenvalue weighted by atomic mass is 10.0. The van der Waals surface area contributed by atoms with E-state index >= 15 is 0 Å². The van der Waals surface area contributed by atoms with E-state index in [1.165, 1.54) is 0 Å². The summed E-state index contributed by atoms with van der Waals surface area (Å²) >= 11 is 0. The van der Waals surface area contributed by atoms with Gasteiger partial charge in [-0.2, -0.15) is 0 Å². The van der Waals surface area contributed by atoms with E-state index in [1.807, 2.05) is 69.3 Å². The summed E-state index contributed by atoms with van der Waals surface area (Å²) in [5.74, 6) is 0.176. The third kappa shape index (κ3) is 7.04. The number of rotatable bonds is 9. The van der Waals surface area contributed by atoms with Crippen molar-refractivity contribution >= 4 is 17.5 Å². The molecular weight excluding hydrogens is 354 g/mol. The van der Waals surface area contributed by atoms with Gasteiger partial charge in [-0.15, -0.1) is 0 Å². The molecule has 0 spiro atoms. The maximum atomic E-state index is 12.0. The monoisotopic (exact) mass is 383 g/mol. The van der Waals surface area contributed by atoms with Crippen molar-refractivity contribution in [3.8, 4) is 5.75 Å². The van der Waals surface area contributed by atoms with Crippen LogP contribution in [-0.4, -0.2) is 31.0 Å². The van der Waals surface area contributed by atoms with E-state index in [4.69, 9.17) is 10.5 Å². The number of hydrogen-bond acceptors (Lipinski definition) is 4. The molecule has 0 fully saturated rings. The van der Waals surface area contributed by atoms with Gasteiger partial charge >= 0.3 is 0 Å². The van der Waals surface area contributed by atoms with Crippen molar-refractivity contribution in [2.24, 2.45) is 11.7 Å². The molecule has 2 aromatic carbocycles. The van der Waals surface area contributed by atoms with Gasteiger partial charge in [-0.05, 0) is 55.7 Å². The molecule has 2 atom stereocenters. The second-order valence-electron chi connectivity index (χ2n) is 7.04. The molecule has 2 rings (SSSR count). The van der Waals surface area contributed by atoms with E-state index in [0.717, 1.165) is 16.8 Å². The molecule has 2 unspecified atom stereocenters. The second kappa shape index (κ2) is 10.5. The highest BCUT2D eigenvalue weighted by atomic mass is 16.5. The van der Waals surface area contributed by atoms with Crippen molar-refractivity contribution < 1.29 is 14.3 Å². The molecule has 0 saturated heterocycles. The number of ether oxygens (including phenoxy) is 1. The van der Waals surface area contributed by atoms with Crippen LogP contribution in [0.2, 0.25) is 0 Å². The molecule has 0 aromatic heterocycles. The van der Waals surface area contributed by atoms with Crippen molar-refractivity contribution in [1.82, 2.24) is 5.32 Å². The Bertz CT molecular complexity index is 788. The number of aryl methyl sites for hydroxylation is 1. The first-order valence-electron chi connectivity index (χ1n) is 9.46. The van der Waals surface area contributed by atoms with E-state index in [-0.39, 0.29) is 30.4 Å².